The molecule has 0 aromatic heterocycles. The van der Waals surface area contributed by atoms with Crippen LogP contribution in [0.1, 0.15) is 6.92 Å². The lowest BCUT2D eigenvalue weighted by Gasteiger charge is -2.13. The van der Waals surface area contributed by atoms with Gasteiger partial charge in [0.15, 0.2) is 18.1 Å². The van der Waals surface area contributed by atoms with E-state index in [1.54, 1.807) is 30.3 Å². The van der Waals surface area contributed by atoms with Crippen LogP contribution in [-0.2, 0) is 4.79 Å². The molecule has 24 heavy (non-hydrogen) atoms. The number of hydrogen-bond acceptors (Lipinski definition) is 4. The highest BCUT2D eigenvalue weighted by molar-refractivity contribution is 5.93. The Kier molecular flexibility index (Phi) is 6.36. The molecule has 2 aromatic rings. The summed E-state index contributed by atoms with van der Waals surface area (Å²) >= 11 is 0. The number of carbonyl (C=O) groups is 1. The van der Waals surface area contributed by atoms with Crippen LogP contribution in [-0.4, -0.2) is 25.7 Å². The largest absolute Gasteiger partial charge is 0.490 e. The number of hydrogen-bond donors (Lipinski definition) is 1. The Bertz CT molecular complexity index is 679. The summed E-state index contributed by atoms with van der Waals surface area (Å²) in [5.74, 6) is 0.322. The zero-order valence-electron chi connectivity index (χ0n) is 13.0. The van der Waals surface area contributed by atoms with Gasteiger partial charge in [-0.05, 0) is 31.2 Å². The van der Waals surface area contributed by atoms with Gasteiger partial charge < -0.3 is 19.5 Å². The summed E-state index contributed by atoms with van der Waals surface area (Å²) in [7, 11) is 0. The number of carbonyl (C=O) groups excluding carboxylic acids is 1. The lowest BCUT2D eigenvalue weighted by Crippen LogP contribution is -2.21. The third kappa shape index (κ3) is 5.12. The van der Waals surface area contributed by atoms with Gasteiger partial charge in [-0.25, -0.2) is 0 Å². The van der Waals surface area contributed by atoms with E-state index in [1.165, 1.54) is 18.2 Å². The number of halogens is 2. The molecule has 2 rings (SSSR count). The zero-order chi connectivity index (χ0) is 17.4. The maximum atomic E-state index is 12.4. The minimum absolute atomic E-state index is 0.115. The topological polar surface area (TPSA) is 56.8 Å². The molecule has 128 valence electrons. The number of anilines is 1. The third-order valence-corrected chi connectivity index (χ3v) is 2.88. The fourth-order valence-corrected chi connectivity index (χ4v) is 1.94. The van der Waals surface area contributed by atoms with E-state index in [-0.39, 0.29) is 18.0 Å². The highest BCUT2D eigenvalue weighted by Crippen LogP contribution is 2.27. The molecular formula is C17H17F2NO4. The smallest absolute Gasteiger partial charge is 0.387 e. The molecule has 5 nitrogen and oxygen atoms in total. The molecule has 0 aliphatic rings. The molecule has 0 saturated heterocycles. The molecule has 0 heterocycles. The number of para-hydroxylation sites is 4. The number of nitrogens with one attached hydrogen (secondary N) is 1. The first-order valence-electron chi connectivity index (χ1n) is 7.28. The summed E-state index contributed by atoms with van der Waals surface area (Å²) in [6, 6.07) is 12.9. The van der Waals surface area contributed by atoms with Crippen molar-refractivity contribution in [1.82, 2.24) is 0 Å². The van der Waals surface area contributed by atoms with Crippen molar-refractivity contribution in [3.05, 3.63) is 48.5 Å². The van der Waals surface area contributed by atoms with Crippen LogP contribution < -0.4 is 19.5 Å². The minimum Gasteiger partial charge on any atom is -0.490 e. The third-order valence-electron chi connectivity index (χ3n) is 2.88. The average molecular weight is 337 g/mol. The number of rotatable bonds is 8. The van der Waals surface area contributed by atoms with Crippen molar-refractivity contribution >= 4 is 11.6 Å². The van der Waals surface area contributed by atoms with E-state index in [0.29, 0.717) is 18.1 Å². The van der Waals surface area contributed by atoms with Crippen LogP contribution in [0.25, 0.3) is 0 Å². The average Bonchev–Trinajstić information content (AvgIpc) is 2.56. The second-order valence-electron chi connectivity index (χ2n) is 4.59. The highest BCUT2D eigenvalue weighted by atomic mass is 19.3. The van der Waals surface area contributed by atoms with E-state index in [2.05, 4.69) is 10.1 Å². The predicted octanol–water partition coefficient (Wildman–Crippen LogP) is 3.70. The minimum atomic E-state index is -2.97. The quantitative estimate of drug-likeness (QED) is 0.798. The standard InChI is InChI=1S/C17H17F2NO4/c1-2-22-14-9-5-6-10-15(14)23-11-16(21)20-12-7-3-4-8-13(12)24-17(18)19/h3-10,17H,2,11H2,1H3,(H,20,21). The Morgan fingerprint density at radius 1 is 1.00 bits per heavy atom. The summed E-state index contributed by atoms with van der Waals surface area (Å²) in [5.41, 5.74) is 0.143. The van der Waals surface area contributed by atoms with Gasteiger partial charge in [0.1, 0.15) is 5.75 Å². The highest BCUT2D eigenvalue weighted by Gasteiger charge is 2.12. The number of amides is 1. The van der Waals surface area contributed by atoms with Crippen molar-refractivity contribution in [1.29, 1.82) is 0 Å². The van der Waals surface area contributed by atoms with Crippen LogP contribution in [0.4, 0.5) is 14.5 Å². The second kappa shape index (κ2) is 8.71. The summed E-state index contributed by atoms with van der Waals surface area (Å²) in [5, 5.41) is 2.47. The molecule has 0 aliphatic carbocycles. The maximum absolute atomic E-state index is 12.4. The van der Waals surface area contributed by atoms with E-state index in [4.69, 9.17) is 9.47 Å². The molecule has 0 bridgehead atoms. The molecule has 2 aromatic carbocycles. The monoisotopic (exact) mass is 337 g/mol. The zero-order valence-corrected chi connectivity index (χ0v) is 13.0. The SMILES string of the molecule is CCOc1ccccc1OCC(=O)Nc1ccccc1OC(F)F. The Balaban J connectivity index is 1.97. The van der Waals surface area contributed by atoms with Crippen LogP contribution in [0.5, 0.6) is 17.2 Å². The summed E-state index contributed by atoms with van der Waals surface area (Å²) < 4.78 is 39.9. The van der Waals surface area contributed by atoms with Crippen molar-refractivity contribution in [2.45, 2.75) is 13.5 Å². The van der Waals surface area contributed by atoms with Crippen LogP contribution in [0.15, 0.2) is 48.5 Å². The van der Waals surface area contributed by atoms with Gasteiger partial charge in [0, 0.05) is 0 Å². The van der Waals surface area contributed by atoms with Gasteiger partial charge in [-0.15, -0.1) is 0 Å². The molecule has 0 fully saturated rings. The molecule has 0 saturated carbocycles. The van der Waals surface area contributed by atoms with Gasteiger partial charge in [-0.3, -0.25) is 4.79 Å². The van der Waals surface area contributed by atoms with Crippen molar-refractivity contribution in [3.63, 3.8) is 0 Å². The van der Waals surface area contributed by atoms with Crippen LogP contribution in [0, 0.1) is 0 Å². The maximum Gasteiger partial charge on any atom is 0.387 e. The normalized spacial score (nSPS) is 10.3. The van der Waals surface area contributed by atoms with Crippen molar-refractivity contribution in [2.75, 3.05) is 18.5 Å². The molecular weight excluding hydrogens is 320 g/mol. The van der Waals surface area contributed by atoms with E-state index in [9.17, 15) is 13.6 Å². The summed E-state index contributed by atoms with van der Waals surface area (Å²) in [6.07, 6.45) is 0. The van der Waals surface area contributed by atoms with E-state index >= 15 is 0 Å². The number of ether oxygens (including phenoxy) is 3. The van der Waals surface area contributed by atoms with E-state index in [1.807, 2.05) is 6.92 Å². The van der Waals surface area contributed by atoms with Gasteiger partial charge in [0.2, 0.25) is 0 Å². The van der Waals surface area contributed by atoms with Gasteiger partial charge in [0.05, 0.1) is 12.3 Å². The first-order chi connectivity index (χ1) is 11.6. The first kappa shape index (κ1) is 17.5. The van der Waals surface area contributed by atoms with E-state index < -0.39 is 12.5 Å². The Morgan fingerprint density at radius 3 is 2.21 bits per heavy atom. The van der Waals surface area contributed by atoms with Gasteiger partial charge in [0.25, 0.3) is 5.91 Å². The number of alkyl halides is 2. The summed E-state index contributed by atoms with van der Waals surface area (Å²) in [6.45, 7) is -0.973. The molecule has 7 heteroatoms. The molecule has 0 aliphatic heterocycles. The van der Waals surface area contributed by atoms with Gasteiger partial charge in [-0.1, -0.05) is 24.3 Å². The van der Waals surface area contributed by atoms with Crippen LogP contribution in [0.2, 0.25) is 0 Å². The Labute approximate surface area is 138 Å². The van der Waals surface area contributed by atoms with Crippen molar-refractivity contribution in [2.24, 2.45) is 0 Å². The molecule has 0 spiro atoms. The second-order valence-corrected chi connectivity index (χ2v) is 4.59. The lowest BCUT2D eigenvalue weighted by atomic mass is 10.3. The van der Waals surface area contributed by atoms with Crippen molar-refractivity contribution < 1.29 is 27.8 Å². The molecule has 0 unspecified atom stereocenters. The number of benzene rings is 2. The molecule has 1 amide bonds. The van der Waals surface area contributed by atoms with Gasteiger partial charge in [-0.2, -0.15) is 8.78 Å². The van der Waals surface area contributed by atoms with E-state index in [0.717, 1.165) is 0 Å². The van der Waals surface area contributed by atoms with Crippen molar-refractivity contribution in [3.8, 4) is 17.2 Å². The molecule has 0 atom stereocenters. The van der Waals surface area contributed by atoms with Crippen LogP contribution in [0.3, 0.4) is 0 Å². The van der Waals surface area contributed by atoms with Gasteiger partial charge >= 0.3 is 6.61 Å². The first-order valence-corrected chi connectivity index (χ1v) is 7.28. The molecule has 1 N–H and O–H groups in total. The lowest BCUT2D eigenvalue weighted by molar-refractivity contribution is -0.118. The predicted molar refractivity (Wildman–Crippen MR) is 84.8 cm³/mol. The molecule has 0 radical (unpaired) electrons. The van der Waals surface area contributed by atoms with Crippen LogP contribution >= 0.6 is 0 Å². The summed E-state index contributed by atoms with van der Waals surface area (Å²) in [4.78, 5) is 12.0. The fraction of sp³-hybridized carbons (Fsp3) is 0.235. The Morgan fingerprint density at radius 2 is 1.58 bits per heavy atom. The Hall–Kier alpha value is -2.83. The fourth-order valence-electron chi connectivity index (χ4n) is 1.94.